The molecule has 0 spiro atoms. The highest BCUT2D eigenvalue weighted by molar-refractivity contribution is 7.98. The fourth-order valence-electron chi connectivity index (χ4n) is 2.67. The molecule has 0 fully saturated rings. The van der Waals surface area contributed by atoms with Crippen LogP contribution in [0.2, 0.25) is 0 Å². The van der Waals surface area contributed by atoms with E-state index in [4.69, 9.17) is 10.2 Å². The minimum Gasteiger partial charge on any atom is -0.481 e. The van der Waals surface area contributed by atoms with Crippen molar-refractivity contribution in [2.45, 2.75) is 56.8 Å². The molecule has 0 aliphatic carbocycles. The molecule has 4 atom stereocenters. The standard InChI is InChI=1S/C19H30N4O10S2/c1-9(25)20-10(3-4-14(26)27)16(30)23-13(8-24)18(32)21-11(5-6-35-2)17(31)22-12(19(33)34)7-15(28)29/h10-13,24H,3-8H2,1-2H3,(H,20,25)(H,21,32)(H,22,31)(H,23,30)(H,26,27)(H,28,29)(H,33,34)/t10-,11-,12-,13-/m0/s1. The molecule has 0 saturated heterocycles. The molecule has 0 aromatic rings. The van der Waals surface area contributed by atoms with Gasteiger partial charge in [-0.3, -0.25) is 33.6 Å². The summed E-state index contributed by atoms with van der Waals surface area (Å²) in [5, 5.41) is 35.4. The Labute approximate surface area is 210 Å². The number of hydrogen-bond donors (Lipinski definition) is 8. The minimum absolute atomic E-state index is 0.0680. The summed E-state index contributed by atoms with van der Waals surface area (Å²) < 4.78 is 0. The van der Waals surface area contributed by atoms with Crippen molar-refractivity contribution in [2.75, 3.05) is 18.6 Å². The number of aliphatic hydroxyl groups is 1. The van der Waals surface area contributed by atoms with E-state index in [1.54, 1.807) is 6.26 Å². The lowest BCUT2D eigenvalue weighted by Gasteiger charge is -2.25. The molecule has 7 N–H and O–H groups in total. The van der Waals surface area contributed by atoms with Crippen molar-refractivity contribution in [3.63, 3.8) is 0 Å². The number of hydrogen-bond acceptors (Lipinski definition) is 9. The first-order chi connectivity index (χ1) is 16.3. The molecule has 0 radical (unpaired) electrons. The Balaban J connectivity index is 5.43. The highest BCUT2D eigenvalue weighted by Crippen LogP contribution is 2.05. The van der Waals surface area contributed by atoms with Crippen LogP contribution in [0.4, 0.5) is 0 Å². The smallest absolute Gasteiger partial charge is 0.305 e. The number of aliphatic hydroxyl groups excluding tert-OH is 1. The van der Waals surface area contributed by atoms with Crippen LogP contribution in [0.3, 0.4) is 0 Å². The average Bonchev–Trinajstić information content (AvgIpc) is 2.75. The summed E-state index contributed by atoms with van der Waals surface area (Å²) in [6.07, 6.45) is 0.345. The lowest BCUT2D eigenvalue weighted by Crippen LogP contribution is -2.58. The first-order valence-electron chi connectivity index (χ1n) is 10.3. The zero-order valence-corrected chi connectivity index (χ0v) is 20.8. The Kier molecular flexibility index (Phi) is 15.4. The summed E-state index contributed by atoms with van der Waals surface area (Å²) in [5.41, 5.74) is 0. The molecule has 0 rings (SSSR count). The number of carboxylic acid groups (broad SMARTS) is 2. The van der Waals surface area contributed by atoms with Gasteiger partial charge in [0.25, 0.3) is 0 Å². The van der Waals surface area contributed by atoms with E-state index in [0.717, 1.165) is 6.92 Å². The van der Waals surface area contributed by atoms with Gasteiger partial charge in [-0.2, -0.15) is 11.8 Å². The van der Waals surface area contributed by atoms with Crippen molar-refractivity contribution < 1.29 is 48.9 Å². The Morgan fingerprint density at radius 3 is 1.69 bits per heavy atom. The maximum absolute atomic E-state index is 12.7. The SMILES string of the molecule is CSCC[C@H](NC(=O)[C@H](CO)NC(=O)[C@H](CCC(=O)O)NC(C)=O)C(=O)N[C@@H](CC(=O)O)C(=O)S. The topological polar surface area (TPSA) is 228 Å². The van der Waals surface area contributed by atoms with Crippen LogP contribution in [0.15, 0.2) is 0 Å². The van der Waals surface area contributed by atoms with Gasteiger partial charge in [0.2, 0.25) is 28.7 Å². The second-order valence-corrected chi connectivity index (χ2v) is 8.70. The van der Waals surface area contributed by atoms with Crippen molar-refractivity contribution in [3.05, 3.63) is 0 Å². The largest absolute Gasteiger partial charge is 0.481 e. The van der Waals surface area contributed by atoms with Gasteiger partial charge in [0.05, 0.1) is 13.0 Å². The van der Waals surface area contributed by atoms with E-state index in [2.05, 4.69) is 33.9 Å². The predicted octanol–water partition coefficient (Wildman–Crippen LogP) is -2.51. The number of thiol groups is 1. The maximum Gasteiger partial charge on any atom is 0.305 e. The zero-order chi connectivity index (χ0) is 27.1. The van der Waals surface area contributed by atoms with Gasteiger partial charge in [-0.05, 0) is 24.9 Å². The highest BCUT2D eigenvalue weighted by atomic mass is 32.2. The average molecular weight is 539 g/mol. The van der Waals surface area contributed by atoms with Crippen LogP contribution >= 0.6 is 24.4 Å². The van der Waals surface area contributed by atoms with Crippen LogP contribution in [-0.2, 0) is 33.6 Å². The van der Waals surface area contributed by atoms with Gasteiger partial charge in [-0.15, -0.1) is 12.6 Å². The maximum atomic E-state index is 12.7. The van der Waals surface area contributed by atoms with Crippen LogP contribution in [0.1, 0.15) is 32.6 Å². The van der Waals surface area contributed by atoms with Crippen molar-refractivity contribution >= 4 is 65.1 Å². The lowest BCUT2D eigenvalue weighted by molar-refractivity contribution is -0.139. The van der Waals surface area contributed by atoms with Crippen molar-refractivity contribution in [1.82, 2.24) is 21.3 Å². The number of carbonyl (C=O) groups excluding carboxylic acids is 5. The van der Waals surface area contributed by atoms with E-state index < -0.39 is 84.3 Å². The molecule has 0 aromatic heterocycles. The predicted molar refractivity (Wildman–Crippen MR) is 127 cm³/mol. The molecular weight excluding hydrogens is 508 g/mol. The molecule has 0 bridgehead atoms. The first-order valence-corrected chi connectivity index (χ1v) is 12.1. The Bertz CT molecular complexity index is 811. The molecule has 198 valence electrons. The fourth-order valence-corrected chi connectivity index (χ4v) is 3.30. The van der Waals surface area contributed by atoms with Crippen molar-refractivity contribution in [2.24, 2.45) is 0 Å². The molecule has 0 aromatic carbocycles. The van der Waals surface area contributed by atoms with Gasteiger partial charge in [0, 0.05) is 13.3 Å². The lowest BCUT2D eigenvalue weighted by atomic mass is 10.1. The zero-order valence-electron chi connectivity index (χ0n) is 19.1. The van der Waals surface area contributed by atoms with Gasteiger partial charge in [-0.1, -0.05) is 0 Å². The number of thioether (sulfide) groups is 1. The number of carboxylic acids is 2. The number of aliphatic carboxylic acids is 2. The molecule has 35 heavy (non-hydrogen) atoms. The number of carbonyl (C=O) groups is 7. The minimum atomic E-state index is -1.56. The summed E-state index contributed by atoms with van der Waals surface area (Å²) in [7, 11) is 0. The van der Waals surface area contributed by atoms with E-state index >= 15 is 0 Å². The van der Waals surface area contributed by atoms with Crippen molar-refractivity contribution in [1.29, 1.82) is 0 Å². The quantitative estimate of drug-likeness (QED) is 0.0901. The Hall–Kier alpha value is -2.85. The molecule has 0 heterocycles. The summed E-state index contributed by atoms with van der Waals surface area (Å²) in [5.74, 6) is -5.59. The molecular formula is C19H30N4O10S2. The van der Waals surface area contributed by atoms with Gasteiger partial charge >= 0.3 is 11.9 Å². The molecule has 14 nitrogen and oxygen atoms in total. The van der Waals surface area contributed by atoms with Crippen LogP contribution in [-0.4, -0.2) is 98.8 Å². The van der Waals surface area contributed by atoms with Crippen LogP contribution in [0.25, 0.3) is 0 Å². The van der Waals surface area contributed by atoms with Crippen LogP contribution < -0.4 is 21.3 Å². The van der Waals surface area contributed by atoms with E-state index in [1.807, 2.05) is 0 Å². The number of amides is 4. The second-order valence-electron chi connectivity index (χ2n) is 7.27. The molecule has 4 amide bonds. The van der Waals surface area contributed by atoms with Gasteiger partial charge in [0.1, 0.15) is 24.2 Å². The highest BCUT2D eigenvalue weighted by Gasteiger charge is 2.31. The van der Waals surface area contributed by atoms with Crippen LogP contribution in [0.5, 0.6) is 0 Å². The Morgan fingerprint density at radius 2 is 1.26 bits per heavy atom. The van der Waals surface area contributed by atoms with Gasteiger partial charge in [-0.25, -0.2) is 0 Å². The fraction of sp³-hybridized carbons (Fsp3) is 0.632. The third-order valence-corrected chi connectivity index (χ3v) is 5.35. The molecule has 0 aliphatic heterocycles. The second kappa shape index (κ2) is 16.7. The number of nitrogens with one attached hydrogen (secondary N) is 4. The molecule has 0 unspecified atom stereocenters. The third kappa shape index (κ3) is 13.6. The third-order valence-electron chi connectivity index (χ3n) is 4.39. The van der Waals surface area contributed by atoms with Gasteiger partial charge in [0.15, 0.2) is 0 Å². The first kappa shape index (κ1) is 32.1. The summed E-state index contributed by atoms with van der Waals surface area (Å²) in [6, 6.07) is -5.55. The van der Waals surface area contributed by atoms with E-state index in [1.165, 1.54) is 11.8 Å². The molecule has 0 saturated carbocycles. The Morgan fingerprint density at radius 1 is 0.771 bits per heavy atom. The van der Waals surface area contributed by atoms with E-state index in [-0.39, 0.29) is 12.8 Å². The van der Waals surface area contributed by atoms with Crippen molar-refractivity contribution in [3.8, 4) is 0 Å². The summed E-state index contributed by atoms with van der Waals surface area (Å²) >= 11 is 4.89. The summed E-state index contributed by atoms with van der Waals surface area (Å²) in [6.45, 7) is 0.219. The normalized spacial score (nSPS) is 13.9. The van der Waals surface area contributed by atoms with Crippen LogP contribution in [0, 0.1) is 0 Å². The number of rotatable bonds is 17. The molecule has 16 heteroatoms. The van der Waals surface area contributed by atoms with Gasteiger partial charge < -0.3 is 36.6 Å². The summed E-state index contributed by atoms with van der Waals surface area (Å²) in [4.78, 5) is 82.4. The monoisotopic (exact) mass is 538 g/mol. The van der Waals surface area contributed by atoms with E-state index in [0.29, 0.717) is 5.75 Å². The molecule has 0 aliphatic rings. The van der Waals surface area contributed by atoms with E-state index in [9.17, 15) is 38.7 Å².